The second-order valence-electron chi connectivity index (χ2n) is 7.55. The summed E-state index contributed by atoms with van der Waals surface area (Å²) in [4.78, 5) is 29.9. The molecule has 8 nitrogen and oxygen atoms in total. The second kappa shape index (κ2) is 10.9. The minimum absolute atomic E-state index is 0.196. The Bertz CT molecular complexity index is 1540. The average molecular weight is 574 g/mol. The Morgan fingerprint density at radius 3 is 2.69 bits per heavy atom. The van der Waals surface area contributed by atoms with E-state index in [1.165, 1.54) is 43.7 Å². The van der Waals surface area contributed by atoms with Gasteiger partial charge in [-0.15, -0.1) is 0 Å². The molecule has 1 N–H and O–H groups in total. The summed E-state index contributed by atoms with van der Waals surface area (Å²) in [5, 5.41) is 7.65. The van der Waals surface area contributed by atoms with Crippen LogP contribution in [-0.4, -0.2) is 35.5 Å². The molecule has 0 spiro atoms. The number of halogens is 3. The molecule has 184 valence electrons. The number of benzene rings is 3. The third-order valence-corrected chi connectivity index (χ3v) is 5.74. The predicted octanol–water partition coefficient (Wildman–Crippen LogP) is 5.17. The fourth-order valence-corrected chi connectivity index (χ4v) is 3.95. The highest BCUT2D eigenvalue weighted by Crippen LogP contribution is 2.34. The number of aromatic nitrogens is 2. The molecule has 3 aromatic carbocycles. The molecule has 1 amide bonds. The van der Waals surface area contributed by atoms with Gasteiger partial charge in [0, 0.05) is 26.8 Å². The monoisotopic (exact) mass is 572 g/mol. The van der Waals surface area contributed by atoms with Crippen LogP contribution < -0.4 is 20.3 Å². The first-order chi connectivity index (χ1) is 17.2. The maximum atomic E-state index is 13.1. The molecule has 0 aliphatic rings. The summed E-state index contributed by atoms with van der Waals surface area (Å²) >= 11 is 9.59. The summed E-state index contributed by atoms with van der Waals surface area (Å²) in [6.07, 6.45) is 1.38. The summed E-state index contributed by atoms with van der Waals surface area (Å²) in [7, 11) is 1.43. The van der Waals surface area contributed by atoms with E-state index in [2.05, 4.69) is 31.3 Å². The topological polar surface area (TPSA) is 94.8 Å². The van der Waals surface area contributed by atoms with Crippen molar-refractivity contribution in [1.82, 2.24) is 9.66 Å². The van der Waals surface area contributed by atoms with Gasteiger partial charge in [0.2, 0.25) is 0 Å². The van der Waals surface area contributed by atoms with E-state index in [-0.39, 0.29) is 23.7 Å². The average Bonchev–Trinajstić information content (AvgIpc) is 2.84. The summed E-state index contributed by atoms with van der Waals surface area (Å²) < 4.78 is 26.1. The molecule has 0 aliphatic carbocycles. The van der Waals surface area contributed by atoms with Crippen molar-refractivity contribution in [2.75, 3.05) is 19.0 Å². The van der Waals surface area contributed by atoms with E-state index < -0.39 is 11.7 Å². The number of carbonyl (C=O) groups excluding carboxylic acids is 1. The van der Waals surface area contributed by atoms with Crippen molar-refractivity contribution in [1.29, 1.82) is 0 Å². The molecular formula is C25H19BrClFN4O4. The summed E-state index contributed by atoms with van der Waals surface area (Å²) in [5.41, 5.74) is 0.979. The quantitative estimate of drug-likeness (QED) is 0.308. The number of carbonyl (C=O) groups is 1. The summed E-state index contributed by atoms with van der Waals surface area (Å²) in [5.74, 6) is -0.0491. The first-order valence-corrected chi connectivity index (χ1v) is 11.7. The van der Waals surface area contributed by atoms with Crippen LogP contribution in [0.4, 0.5) is 10.1 Å². The van der Waals surface area contributed by atoms with Gasteiger partial charge in [-0.1, -0.05) is 27.5 Å². The standard InChI is InChI=1S/C25H19BrClFN4O4/c1-14-30-21-8-3-16(26)10-20(21)25(34)32(14)29-12-15-9-17(27)11-22(35-2)24(15)36-13-23(33)31-19-6-4-18(28)5-7-19/h3-12H,13H2,1-2H3,(H,31,33). The van der Waals surface area contributed by atoms with Crippen molar-refractivity contribution in [2.45, 2.75) is 6.92 Å². The fraction of sp³-hybridized carbons (Fsp3) is 0.120. The maximum absolute atomic E-state index is 13.1. The van der Waals surface area contributed by atoms with Crippen molar-refractivity contribution < 1.29 is 18.7 Å². The number of ether oxygens (including phenoxy) is 2. The van der Waals surface area contributed by atoms with Gasteiger partial charge >= 0.3 is 0 Å². The smallest absolute Gasteiger partial charge is 0.282 e. The molecule has 11 heteroatoms. The van der Waals surface area contributed by atoms with Crippen LogP contribution in [0.1, 0.15) is 11.4 Å². The number of anilines is 1. The number of methoxy groups -OCH3 is 1. The Balaban J connectivity index is 1.63. The molecule has 4 rings (SSSR count). The highest BCUT2D eigenvalue weighted by Gasteiger charge is 2.15. The third-order valence-electron chi connectivity index (χ3n) is 5.03. The molecule has 1 aromatic heterocycles. The van der Waals surface area contributed by atoms with Gasteiger partial charge in [0.25, 0.3) is 11.5 Å². The van der Waals surface area contributed by atoms with Crippen molar-refractivity contribution in [3.8, 4) is 11.5 Å². The highest BCUT2D eigenvalue weighted by molar-refractivity contribution is 9.10. The number of amides is 1. The van der Waals surface area contributed by atoms with E-state index in [0.29, 0.717) is 33.0 Å². The van der Waals surface area contributed by atoms with Crippen molar-refractivity contribution >= 4 is 56.2 Å². The fourth-order valence-electron chi connectivity index (χ4n) is 3.37. The number of hydrogen-bond acceptors (Lipinski definition) is 6. The second-order valence-corrected chi connectivity index (χ2v) is 8.90. The number of nitrogens with one attached hydrogen (secondary N) is 1. The van der Waals surface area contributed by atoms with Gasteiger partial charge in [-0.25, -0.2) is 9.37 Å². The molecule has 4 aromatic rings. The Morgan fingerprint density at radius 2 is 1.97 bits per heavy atom. The first-order valence-electron chi connectivity index (χ1n) is 10.5. The first kappa shape index (κ1) is 25.3. The van der Waals surface area contributed by atoms with Gasteiger partial charge < -0.3 is 14.8 Å². The zero-order valence-corrected chi connectivity index (χ0v) is 21.4. The van der Waals surface area contributed by atoms with Gasteiger partial charge in [0.1, 0.15) is 11.6 Å². The van der Waals surface area contributed by atoms with Crippen LogP contribution in [0, 0.1) is 12.7 Å². The highest BCUT2D eigenvalue weighted by atomic mass is 79.9. The van der Waals surface area contributed by atoms with Gasteiger partial charge in [-0.3, -0.25) is 9.59 Å². The lowest BCUT2D eigenvalue weighted by atomic mass is 10.2. The minimum Gasteiger partial charge on any atom is -0.493 e. The lowest BCUT2D eigenvalue weighted by molar-refractivity contribution is -0.118. The van der Waals surface area contributed by atoms with Gasteiger partial charge in [0.05, 0.1) is 24.2 Å². The van der Waals surface area contributed by atoms with Crippen LogP contribution >= 0.6 is 27.5 Å². The lowest BCUT2D eigenvalue weighted by Gasteiger charge is -2.14. The Morgan fingerprint density at radius 1 is 1.22 bits per heavy atom. The normalized spacial score (nSPS) is 11.1. The van der Waals surface area contributed by atoms with Crippen LogP contribution in [0.25, 0.3) is 10.9 Å². The zero-order chi connectivity index (χ0) is 25.8. The molecule has 0 atom stereocenters. The lowest BCUT2D eigenvalue weighted by Crippen LogP contribution is -2.21. The third kappa shape index (κ3) is 5.72. The summed E-state index contributed by atoms with van der Waals surface area (Å²) in [6, 6.07) is 13.6. The zero-order valence-electron chi connectivity index (χ0n) is 19.1. The SMILES string of the molecule is COc1cc(Cl)cc(C=Nn2c(C)nc3ccc(Br)cc3c2=O)c1OCC(=O)Nc1ccc(F)cc1. The number of rotatable bonds is 7. The summed E-state index contributed by atoms with van der Waals surface area (Å²) in [6.45, 7) is 1.29. The van der Waals surface area contributed by atoms with Crippen LogP contribution in [0.2, 0.25) is 5.02 Å². The number of nitrogens with zero attached hydrogens (tertiary/aromatic N) is 3. The van der Waals surface area contributed by atoms with Crippen molar-refractivity contribution in [3.05, 3.63) is 91.7 Å². The largest absolute Gasteiger partial charge is 0.493 e. The molecule has 0 fully saturated rings. The molecule has 0 saturated heterocycles. The molecule has 0 saturated carbocycles. The molecule has 1 heterocycles. The van der Waals surface area contributed by atoms with E-state index in [4.69, 9.17) is 21.1 Å². The van der Waals surface area contributed by atoms with Crippen LogP contribution in [-0.2, 0) is 4.79 Å². The molecule has 0 aliphatic heterocycles. The van der Waals surface area contributed by atoms with Crippen LogP contribution in [0.15, 0.2) is 69.0 Å². The molecule has 0 radical (unpaired) electrons. The number of hydrogen-bond donors (Lipinski definition) is 1. The molecule has 36 heavy (non-hydrogen) atoms. The van der Waals surface area contributed by atoms with Crippen LogP contribution in [0.3, 0.4) is 0 Å². The van der Waals surface area contributed by atoms with E-state index in [9.17, 15) is 14.0 Å². The Hall–Kier alpha value is -3.76. The van der Waals surface area contributed by atoms with E-state index in [1.54, 1.807) is 31.2 Å². The van der Waals surface area contributed by atoms with Gasteiger partial charge in [-0.05, 0) is 55.5 Å². The van der Waals surface area contributed by atoms with Crippen molar-refractivity contribution in [3.63, 3.8) is 0 Å². The number of aryl methyl sites for hydroxylation is 1. The Labute approximate surface area is 218 Å². The van der Waals surface area contributed by atoms with E-state index in [1.807, 2.05) is 0 Å². The molecular weight excluding hydrogens is 555 g/mol. The van der Waals surface area contributed by atoms with E-state index >= 15 is 0 Å². The van der Waals surface area contributed by atoms with Gasteiger partial charge in [-0.2, -0.15) is 9.78 Å². The molecule has 0 bridgehead atoms. The maximum Gasteiger partial charge on any atom is 0.282 e. The van der Waals surface area contributed by atoms with Gasteiger partial charge in [0.15, 0.2) is 18.1 Å². The Kier molecular flexibility index (Phi) is 7.66. The predicted molar refractivity (Wildman–Crippen MR) is 140 cm³/mol. The van der Waals surface area contributed by atoms with Crippen molar-refractivity contribution in [2.24, 2.45) is 5.10 Å². The molecule has 0 unspecified atom stereocenters. The minimum atomic E-state index is -0.474. The van der Waals surface area contributed by atoms with E-state index in [0.717, 1.165) is 9.15 Å². The van der Waals surface area contributed by atoms with Crippen LogP contribution in [0.5, 0.6) is 11.5 Å². The number of fused-ring (bicyclic) bond motifs is 1.